The van der Waals surface area contributed by atoms with Crippen LogP contribution in [-0.2, 0) is 11.8 Å². The Balaban J connectivity index is 2.22. The summed E-state index contributed by atoms with van der Waals surface area (Å²) >= 11 is 0. The molecule has 0 bridgehead atoms. The molecular formula is C19H21F. The van der Waals surface area contributed by atoms with Crippen molar-refractivity contribution in [1.82, 2.24) is 0 Å². The summed E-state index contributed by atoms with van der Waals surface area (Å²) in [5.41, 5.74) is 5.93. The molecule has 0 aliphatic heterocycles. The molecule has 20 heavy (non-hydrogen) atoms. The van der Waals surface area contributed by atoms with Crippen molar-refractivity contribution in [2.24, 2.45) is 0 Å². The average molecular weight is 268 g/mol. The summed E-state index contributed by atoms with van der Waals surface area (Å²) in [6.07, 6.45) is 8.72. The zero-order valence-corrected chi connectivity index (χ0v) is 12.5. The fourth-order valence-corrected chi connectivity index (χ4v) is 3.76. The van der Waals surface area contributed by atoms with E-state index in [2.05, 4.69) is 44.2 Å². The van der Waals surface area contributed by atoms with Gasteiger partial charge >= 0.3 is 0 Å². The monoisotopic (exact) mass is 268 g/mol. The topological polar surface area (TPSA) is 0 Å². The van der Waals surface area contributed by atoms with E-state index in [1.807, 2.05) is 6.92 Å². The minimum Gasteiger partial charge on any atom is -0.207 e. The highest BCUT2D eigenvalue weighted by atomic mass is 19.1. The molecule has 104 valence electrons. The molecule has 3 rings (SSSR count). The van der Waals surface area contributed by atoms with Gasteiger partial charge in [0, 0.05) is 5.41 Å². The Hall–Kier alpha value is -1.63. The quantitative estimate of drug-likeness (QED) is 0.631. The second-order valence-electron chi connectivity index (χ2n) is 6.24. The van der Waals surface area contributed by atoms with Crippen molar-refractivity contribution in [3.05, 3.63) is 64.0 Å². The number of halogens is 1. The first-order valence-electron chi connectivity index (χ1n) is 7.39. The molecule has 0 saturated heterocycles. The molecule has 0 spiro atoms. The molecule has 1 heteroatoms. The van der Waals surface area contributed by atoms with Crippen LogP contribution in [0.4, 0.5) is 4.39 Å². The first-order valence-corrected chi connectivity index (χ1v) is 7.39. The highest BCUT2D eigenvalue weighted by Crippen LogP contribution is 2.48. The predicted molar refractivity (Wildman–Crippen MR) is 83.3 cm³/mol. The standard InChI is InChI=1S/C19H21F/c1-4-7-13-8-5-10-16-15(13)12-14-9-6-11-17(20)18(14)19(16,2)3/h4-5,7-8,10-11H,6,9,12H2,1-3H3/b7-4-. The fourth-order valence-electron chi connectivity index (χ4n) is 3.76. The fraction of sp³-hybridized carbons (Fsp3) is 0.368. The molecule has 2 aliphatic rings. The molecule has 0 nitrogen and oxygen atoms in total. The third-order valence-electron chi connectivity index (χ3n) is 4.61. The van der Waals surface area contributed by atoms with E-state index in [9.17, 15) is 4.39 Å². The summed E-state index contributed by atoms with van der Waals surface area (Å²) in [6.45, 7) is 6.35. The zero-order valence-electron chi connectivity index (χ0n) is 12.5. The van der Waals surface area contributed by atoms with Crippen LogP contribution >= 0.6 is 0 Å². The Labute approximate surface area is 120 Å². The van der Waals surface area contributed by atoms with Crippen molar-refractivity contribution < 1.29 is 4.39 Å². The van der Waals surface area contributed by atoms with Gasteiger partial charge in [0.1, 0.15) is 5.83 Å². The van der Waals surface area contributed by atoms with Crippen molar-refractivity contribution in [2.75, 3.05) is 0 Å². The molecule has 0 aromatic heterocycles. The van der Waals surface area contributed by atoms with Gasteiger partial charge in [-0.2, -0.15) is 0 Å². The summed E-state index contributed by atoms with van der Waals surface area (Å²) < 4.78 is 14.3. The van der Waals surface area contributed by atoms with Gasteiger partial charge in [-0.25, -0.2) is 4.39 Å². The second kappa shape index (κ2) is 4.73. The van der Waals surface area contributed by atoms with Gasteiger partial charge in [-0.1, -0.05) is 49.8 Å². The minimum atomic E-state index is -0.235. The first-order chi connectivity index (χ1) is 9.55. The molecular weight excluding hydrogens is 247 g/mol. The normalized spacial score (nSPS) is 20.7. The van der Waals surface area contributed by atoms with Crippen molar-refractivity contribution in [3.8, 4) is 0 Å². The van der Waals surface area contributed by atoms with E-state index in [4.69, 9.17) is 0 Å². The molecule has 0 heterocycles. The van der Waals surface area contributed by atoms with E-state index in [-0.39, 0.29) is 11.2 Å². The van der Waals surface area contributed by atoms with Crippen LogP contribution in [0.3, 0.4) is 0 Å². The molecule has 0 fully saturated rings. The van der Waals surface area contributed by atoms with Crippen molar-refractivity contribution in [1.29, 1.82) is 0 Å². The van der Waals surface area contributed by atoms with Gasteiger partial charge < -0.3 is 0 Å². The molecule has 2 aliphatic carbocycles. The molecule has 0 radical (unpaired) electrons. The molecule has 0 N–H and O–H groups in total. The lowest BCUT2D eigenvalue weighted by Gasteiger charge is -2.39. The van der Waals surface area contributed by atoms with E-state index < -0.39 is 0 Å². The summed E-state index contributed by atoms with van der Waals surface area (Å²) in [7, 11) is 0. The highest BCUT2D eigenvalue weighted by molar-refractivity contribution is 5.63. The van der Waals surface area contributed by atoms with Gasteiger partial charge in [0.25, 0.3) is 0 Å². The number of hydrogen-bond donors (Lipinski definition) is 0. The van der Waals surface area contributed by atoms with Gasteiger partial charge in [0.2, 0.25) is 0 Å². The third-order valence-corrected chi connectivity index (χ3v) is 4.61. The number of allylic oxidation sites excluding steroid dienone is 5. The smallest absolute Gasteiger partial charge is 0.123 e. The largest absolute Gasteiger partial charge is 0.207 e. The van der Waals surface area contributed by atoms with Crippen LogP contribution in [0, 0.1) is 0 Å². The maximum absolute atomic E-state index is 14.3. The van der Waals surface area contributed by atoms with Gasteiger partial charge in [0.15, 0.2) is 0 Å². The van der Waals surface area contributed by atoms with Crippen molar-refractivity contribution in [2.45, 2.75) is 45.4 Å². The van der Waals surface area contributed by atoms with Crippen LogP contribution in [0.25, 0.3) is 6.08 Å². The van der Waals surface area contributed by atoms with Gasteiger partial charge in [-0.05, 0) is 54.5 Å². The van der Waals surface area contributed by atoms with Crippen molar-refractivity contribution in [3.63, 3.8) is 0 Å². The molecule has 0 amide bonds. The molecule has 0 saturated carbocycles. The van der Waals surface area contributed by atoms with E-state index >= 15 is 0 Å². The average Bonchev–Trinajstić information content (AvgIpc) is 2.40. The van der Waals surface area contributed by atoms with Crippen LogP contribution in [-0.4, -0.2) is 0 Å². The predicted octanol–water partition coefficient (Wildman–Crippen LogP) is 5.50. The Kier molecular flexibility index (Phi) is 3.16. The van der Waals surface area contributed by atoms with Crippen LogP contribution < -0.4 is 0 Å². The SMILES string of the molecule is C/C=C\c1cccc2c1CC1=C(C(F)=CCC1)C2(C)C. The number of hydrogen-bond acceptors (Lipinski definition) is 0. The summed E-state index contributed by atoms with van der Waals surface area (Å²) in [6, 6.07) is 6.41. The van der Waals surface area contributed by atoms with Crippen LogP contribution in [0.15, 0.2) is 47.3 Å². The molecule has 1 aromatic rings. The Bertz CT molecular complexity index is 642. The van der Waals surface area contributed by atoms with Crippen molar-refractivity contribution >= 4 is 6.08 Å². The maximum atomic E-state index is 14.3. The summed E-state index contributed by atoms with van der Waals surface area (Å²) in [5, 5.41) is 0. The second-order valence-corrected chi connectivity index (χ2v) is 6.24. The van der Waals surface area contributed by atoms with Gasteiger partial charge in [-0.15, -0.1) is 0 Å². The third kappa shape index (κ3) is 1.88. The first kappa shape index (κ1) is 13.4. The van der Waals surface area contributed by atoms with Crippen LogP contribution in [0.2, 0.25) is 0 Å². The molecule has 1 aromatic carbocycles. The zero-order chi connectivity index (χ0) is 14.3. The van der Waals surface area contributed by atoms with Gasteiger partial charge in [0.05, 0.1) is 0 Å². The molecule has 0 atom stereocenters. The van der Waals surface area contributed by atoms with E-state index in [1.54, 1.807) is 6.08 Å². The minimum absolute atomic E-state index is 0.00154. The summed E-state index contributed by atoms with van der Waals surface area (Å²) in [4.78, 5) is 0. The highest BCUT2D eigenvalue weighted by Gasteiger charge is 2.37. The maximum Gasteiger partial charge on any atom is 0.123 e. The van der Waals surface area contributed by atoms with Gasteiger partial charge in [-0.3, -0.25) is 0 Å². The Morgan fingerprint density at radius 2 is 2.05 bits per heavy atom. The lowest BCUT2D eigenvalue weighted by molar-refractivity contribution is 0.517. The van der Waals surface area contributed by atoms with Crippen LogP contribution in [0.1, 0.15) is 50.3 Å². The van der Waals surface area contributed by atoms with Crippen LogP contribution in [0.5, 0.6) is 0 Å². The number of rotatable bonds is 1. The molecule has 0 unspecified atom stereocenters. The van der Waals surface area contributed by atoms with E-state index in [0.717, 1.165) is 24.8 Å². The van der Waals surface area contributed by atoms with E-state index in [0.29, 0.717) is 0 Å². The Morgan fingerprint density at radius 1 is 1.25 bits per heavy atom. The summed E-state index contributed by atoms with van der Waals surface area (Å²) in [5.74, 6) is -0.00154. The number of benzene rings is 1. The van der Waals surface area contributed by atoms with E-state index in [1.165, 1.54) is 22.3 Å². The number of fused-ring (bicyclic) bond motifs is 1. The lowest BCUT2D eigenvalue weighted by Crippen LogP contribution is -2.30. The Morgan fingerprint density at radius 3 is 2.80 bits per heavy atom. The lowest BCUT2D eigenvalue weighted by atomic mass is 9.65.